The van der Waals surface area contributed by atoms with Gasteiger partial charge in [-0.15, -0.1) is 0 Å². The highest BCUT2D eigenvalue weighted by atomic mass is 16.5. The topological polar surface area (TPSA) is 59.8 Å². The summed E-state index contributed by atoms with van der Waals surface area (Å²) in [5.41, 5.74) is 5.25. The van der Waals surface area contributed by atoms with Crippen LogP contribution in [-0.2, 0) is 4.79 Å². The number of aryl methyl sites for hydroxylation is 2. The third kappa shape index (κ3) is 3.57. The number of aromatic nitrogens is 1. The van der Waals surface area contributed by atoms with Gasteiger partial charge in [-0.25, -0.2) is 0 Å². The maximum absolute atomic E-state index is 13.3. The molecule has 4 rings (SSSR count). The Hall–Kier alpha value is -3.86. The molecule has 0 radical (unpaired) electrons. The number of rotatable bonds is 5. The first-order valence-corrected chi connectivity index (χ1v) is 9.65. The van der Waals surface area contributed by atoms with Crippen LogP contribution in [0.3, 0.4) is 0 Å². The molecule has 0 atom stereocenters. The predicted molar refractivity (Wildman–Crippen MR) is 118 cm³/mol. The first-order valence-electron chi connectivity index (χ1n) is 9.65. The van der Waals surface area contributed by atoms with Crippen molar-refractivity contribution in [2.75, 3.05) is 12.4 Å². The summed E-state index contributed by atoms with van der Waals surface area (Å²) >= 11 is 0. The minimum atomic E-state index is -0.665. The Bertz CT molecular complexity index is 1250. The van der Waals surface area contributed by atoms with Crippen LogP contribution in [0.25, 0.3) is 16.6 Å². The summed E-state index contributed by atoms with van der Waals surface area (Å²) in [6, 6.07) is 20.7. The lowest BCUT2D eigenvalue weighted by Crippen LogP contribution is -2.25. The highest BCUT2D eigenvalue weighted by Crippen LogP contribution is 2.30. The van der Waals surface area contributed by atoms with Gasteiger partial charge in [0.15, 0.2) is 0 Å². The zero-order valence-corrected chi connectivity index (χ0v) is 17.1. The van der Waals surface area contributed by atoms with Crippen LogP contribution >= 0.6 is 0 Å². The van der Waals surface area contributed by atoms with Crippen LogP contribution in [0, 0.1) is 13.8 Å². The number of ether oxygens (including phenoxy) is 1. The lowest BCUT2D eigenvalue weighted by Gasteiger charge is -2.10. The molecule has 0 aliphatic heterocycles. The van der Waals surface area contributed by atoms with Gasteiger partial charge in [-0.2, -0.15) is 0 Å². The van der Waals surface area contributed by atoms with Crippen molar-refractivity contribution in [3.8, 4) is 16.9 Å². The Balaban J connectivity index is 1.77. The lowest BCUT2D eigenvalue weighted by atomic mass is 10.0. The molecule has 0 spiro atoms. The number of pyridine rings is 1. The fraction of sp³-hybridized carbons (Fsp3) is 0.120. The monoisotopic (exact) mass is 398 g/mol. The van der Waals surface area contributed by atoms with E-state index in [1.807, 2.05) is 80.6 Å². The lowest BCUT2D eigenvalue weighted by molar-refractivity contribution is -0.112. The molecule has 1 N–H and O–H groups in total. The molecule has 0 bridgehead atoms. The van der Waals surface area contributed by atoms with Crippen LogP contribution in [0.2, 0.25) is 0 Å². The number of anilines is 1. The van der Waals surface area contributed by atoms with Gasteiger partial charge < -0.3 is 14.5 Å². The zero-order chi connectivity index (χ0) is 21.3. The molecule has 0 unspecified atom stereocenters. The summed E-state index contributed by atoms with van der Waals surface area (Å²) in [5.74, 6) is -0.529. The van der Waals surface area contributed by atoms with Gasteiger partial charge in [0.1, 0.15) is 11.4 Å². The number of nitrogens with one attached hydrogen (secondary N) is 1. The number of Topliss-reactive ketones (excluding diaryl/α,β-unsaturated/α-hetero) is 1. The van der Waals surface area contributed by atoms with Crippen molar-refractivity contribution in [1.82, 2.24) is 4.40 Å². The zero-order valence-electron chi connectivity index (χ0n) is 17.1. The number of carbonyl (C=O) groups excluding carboxylic acids is 2. The molecule has 5 heteroatoms. The van der Waals surface area contributed by atoms with Gasteiger partial charge in [-0.05, 0) is 66.9 Å². The molecule has 2 heterocycles. The molecule has 2 aromatic carbocycles. The fourth-order valence-electron chi connectivity index (χ4n) is 3.50. The molecule has 0 aliphatic rings. The number of amides is 1. The van der Waals surface area contributed by atoms with E-state index in [-0.39, 0.29) is 0 Å². The highest BCUT2D eigenvalue weighted by Gasteiger charge is 2.25. The van der Waals surface area contributed by atoms with E-state index in [0.717, 1.165) is 28.0 Å². The number of fused-ring (bicyclic) bond motifs is 1. The van der Waals surface area contributed by atoms with Crippen molar-refractivity contribution in [2.24, 2.45) is 0 Å². The Morgan fingerprint density at radius 1 is 0.933 bits per heavy atom. The van der Waals surface area contributed by atoms with Gasteiger partial charge in [0.2, 0.25) is 0 Å². The van der Waals surface area contributed by atoms with E-state index in [1.165, 1.54) is 0 Å². The molecular weight excluding hydrogens is 376 g/mol. The number of nitrogens with zero attached hydrogens (tertiary/aromatic N) is 1. The maximum atomic E-state index is 13.3. The first kappa shape index (κ1) is 19.5. The third-order valence-electron chi connectivity index (χ3n) is 5.14. The van der Waals surface area contributed by atoms with E-state index in [2.05, 4.69) is 5.32 Å². The average molecular weight is 398 g/mol. The molecule has 0 saturated heterocycles. The van der Waals surface area contributed by atoms with Crippen LogP contribution in [0.4, 0.5) is 5.69 Å². The summed E-state index contributed by atoms with van der Waals surface area (Å²) in [7, 11) is 1.61. The maximum Gasteiger partial charge on any atom is 0.298 e. The van der Waals surface area contributed by atoms with Gasteiger partial charge in [-0.1, -0.05) is 30.3 Å². The molecule has 5 nitrogen and oxygen atoms in total. The van der Waals surface area contributed by atoms with Crippen molar-refractivity contribution in [1.29, 1.82) is 0 Å². The predicted octanol–water partition coefficient (Wildman–Crippen LogP) is 5.05. The van der Waals surface area contributed by atoms with Crippen molar-refractivity contribution >= 4 is 22.9 Å². The number of hydrogen-bond acceptors (Lipinski definition) is 3. The van der Waals surface area contributed by atoms with Crippen LogP contribution in [-0.4, -0.2) is 23.2 Å². The molecular formula is C25H22N2O3. The summed E-state index contributed by atoms with van der Waals surface area (Å²) < 4.78 is 6.99. The number of hydrogen-bond donors (Lipinski definition) is 1. The standard InChI is InChI=1S/C25H22N2O3/c1-16-7-8-17(2)22(14-16)26-25(29)24(28)23-21(15-19-6-4-5-13-27(19)23)18-9-11-20(30-3)12-10-18/h4-15H,1-3H3,(H,26,29). The minimum Gasteiger partial charge on any atom is -0.497 e. The first-order chi connectivity index (χ1) is 14.5. The summed E-state index contributed by atoms with van der Waals surface area (Å²) in [6.07, 6.45) is 1.79. The van der Waals surface area contributed by atoms with Crippen LogP contribution < -0.4 is 10.1 Å². The molecule has 1 amide bonds. The minimum absolute atomic E-state index is 0.332. The Kier molecular flexibility index (Phi) is 5.11. The van der Waals surface area contributed by atoms with Crippen molar-refractivity contribution in [3.05, 3.63) is 89.7 Å². The molecule has 2 aromatic heterocycles. The van der Waals surface area contributed by atoms with Crippen LogP contribution in [0.1, 0.15) is 21.6 Å². The molecule has 0 saturated carbocycles. The van der Waals surface area contributed by atoms with E-state index < -0.39 is 11.7 Å². The number of ketones is 1. The second kappa shape index (κ2) is 7.87. The van der Waals surface area contributed by atoms with E-state index >= 15 is 0 Å². The second-order valence-corrected chi connectivity index (χ2v) is 7.23. The number of benzene rings is 2. The Morgan fingerprint density at radius 3 is 2.43 bits per heavy atom. The summed E-state index contributed by atoms with van der Waals surface area (Å²) in [6.45, 7) is 3.84. The van der Waals surface area contributed by atoms with Crippen molar-refractivity contribution < 1.29 is 14.3 Å². The van der Waals surface area contributed by atoms with Gasteiger partial charge in [0, 0.05) is 23.0 Å². The molecule has 150 valence electrons. The van der Waals surface area contributed by atoms with E-state index in [9.17, 15) is 9.59 Å². The normalized spacial score (nSPS) is 10.8. The van der Waals surface area contributed by atoms with Crippen LogP contribution in [0.5, 0.6) is 5.75 Å². The van der Waals surface area contributed by atoms with Crippen molar-refractivity contribution in [2.45, 2.75) is 13.8 Å². The molecule has 0 aliphatic carbocycles. The highest BCUT2D eigenvalue weighted by molar-refractivity contribution is 6.47. The van der Waals surface area contributed by atoms with Gasteiger partial charge in [-0.3, -0.25) is 9.59 Å². The van der Waals surface area contributed by atoms with Gasteiger partial charge in [0.05, 0.1) is 7.11 Å². The third-order valence-corrected chi connectivity index (χ3v) is 5.14. The SMILES string of the molecule is COc1ccc(-c2cc3ccccn3c2C(=O)C(=O)Nc2cc(C)ccc2C)cc1. The smallest absolute Gasteiger partial charge is 0.298 e. The van der Waals surface area contributed by atoms with Gasteiger partial charge >= 0.3 is 0 Å². The van der Waals surface area contributed by atoms with E-state index in [1.54, 1.807) is 17.7 Å². The van der Waals surface area contributed by atoms with Gasteiger partial charge in [0.25, 0.3) is 11.7 Å². The summed E-state index contributed by atoms with van der Waals surface area (Å²) in [5, 5.41) is 2.78. The molecule has 0 fully saturated rings. The number of methoxy groups -OCH3 is 1. The quantitative estimate of drug-likeness (QED) is 0.378. The largest absolute Gasteiger partial charge is 0.497 e. The average Bonchev–Trinajstić information content (AvgIpc) is 3.15. The van der Waals surface area contributed by atoms with Crippen LogP contribution in [0.15, 0.2) is 72.9 Å². The second-order valence-electron chi connectivity index (χ2n) is 7.23. The molecule has 30 heavy (non-hydrogen) atoms. The molecule has 4 aromatic rings. The van der Waals surface area contributed by atoms with E-state index in [0.29, 0.717) is 16.9 Å². The van der Waals surface area contributed by atoms with E-state index in [4.69, 9.17) is 4.74 Å². The fourth-order valence-corrected chi connectivity index (χ4v) is 3.50. The summed E-state index contributed by atoms with van der Waals surface area (Å²) in [4.78, 5) is 26.2. The Labute approximate surface area is 174 Å². The Morgan fingerprint density at radius 2 is 1.70 bits per heavy atom. The van der Waals surface area contributed by atoms with Crippen molar-refractivity contribution in [3.63, 3.8) is 0 Å². The number of carbonyl (C=O) groups is 2.